The minimum atomic E-state index is -0.381. The standard InChI is InChI=1S/C15H28N2O2S/c1-11(2)13-14(18)16-12(3)15(19)17(13)9-7-5-6-8-10-20-4/h11-13H,5-10H2,1-4H3,(H,16,18). The maximum absolute atomic E-state index is 12.3. The maximum atomic E-state index is 12.3. The van der Waals surface area contributed by atoms with Crippen molar-refractivity contribution in [3.8, 4) is 0 Å². The molecule has 2 unspecified atom stereocenters. The van der Waals surface area contributed by atoms with Crippen LogP contribution in [0.1, 0.15) is 46.5 Å². The van der Waals surface area contributed by atoms with Crippen LogP contribution in [0, 0.1) is 5.92 Å². The molecule has 5 heteroatoms. The molecule has 1 aliphatic heterocycles. The van der Waals surface area contributed by atoms with Gasteiger partial charge in [-0.05, 0) is 37.7 Å². The zero-order chi connectivity index (χ0) is 15.1. The third-order valence-electron chi connectivity index (χ3n) is 3.75. The van der Waals surface area contributed by atoms with Gasteiger partial charge >= 0.3 is 0 Å². The summed E-state index contributed by atoms with van der Waals surface area (Å²) >= 11 is 1.88. The SMILES string of the molecule is CSCCCCCCN1C(=O)C(C)NC(=O)C1C(C)C. The molecule has 1 fully saturated rings. The van der Waals surface area contributed by atoms with Crippen LogP contribution in [0.3, 0.4) is 0 Å². The van der Waals surface area contributed by atoms with E-state index in [4.69, 9.17) is 0 Å². The Hall–Kier alpha value is -0.710. The Morgan fingerprint density at radius 3 is 2.45 bits per heavy atom. The summed E-state index contributed by atoms with van der Waals surface area (Å²) < 4.78 is 0. The van der Waals surface area contributed by atoms with Crippen LogP contribution in [0.25, 0.3) is 0 Å². The average molecular weight is 300 g/mol. The van der Waals surface area contributed by atoms with Crippen molar-refractivity contribution in [3.05, 3.63) is 0 Å². The van der Waals surface area contributed by atoms with Gasteiger partial charge in [0.1, 0.15) is 12.1 Å². The molecular formula is C15H28N2O2S. The molecule has 116 valence electrons. The van der Waals surface area contributed by atoms with Crippen LogP contribution >= 0.6 is 11.8 Å². The molecule has 1 heterocycles. The van der Waals surface area contributed by atoms with Crippen LogP contribution in [-0.2, 0) is 9.59 Å². The molecular weight excluding hydrogens is 272 g/mol. The van der Waals surface area contributed by atoms with E-state index >= 15 is 0 Å². The third kappa shape index (κ3) is 4.69. The lowest BCUT2D eigenvalue weighted by Gasteiger charge is -2.40. The number of hydrogen-bond acceptors (Lipinski definition) is 3. The van der Waals surface area contributed by atoms with Gasteiger partial charge < -0.3 is 10.2 Å². The fourth-order valence-electron chi connectivity index (χ4n) is 2.68. The fourth-order valence-corrected chi connectivity index (χ4v) is 3.17. The highest BCUT2D eigenvalue weighted by atomic mass is 32.2. The summed E-state index contributed by atoms with van der Waals surface area (Å²) in [6.45, 7) is 6.47. The molecule has 1 aliphatic rings. The van der Waals surface area contributed by atoms with E-state index in [1.54, 1.807) is 11.8 Å². The van der Waals surface area contributed by atoms with Gasteiger partial charge in [-0.3, -0.25) is 9.59 Å². The minimum Gasteiger partial charge on any atom is -0.343 e. The second-order valence-electron chi connectivity index (χ2n) is 5.86. The number of nitrogens with one attached hydrogen (secondary N) is 1. The van der Waals surface area contributed by atoms with Crippen LogP contribution < -0.4 is 5.32 Å². The van der Waals surface area contributed by atoms with E-state index in [0.717, 1.165) is 12.8 Å². The van der Waals surface area contributed by atoms with E-state index in [1.807, 2.05) is 25.6 Å². The van der Waals surface area contributed by atoms with Crippen LogP contribution in [0.15, 0.2) is 0 Å². The molecule has 0 bridgehead atoms. The lowest BCUT2D eigenvalue weighted by Crippen LogP contribution is -2.64. The summed E-state index contributed by atoms with van der Waals surface area (Å²) in [6, 6.07) is -0.682. The van der Waals surface area contributed by atoms with Gasteiger partial charge in [0, 0.05) is 6.54 Å². The average Bonchev–Trinajstić information content (AvgIpc) is 2.38. The number of hydrogen-bond donors (Lipinski definition) is 1. The normalized spacial score (nSPS) is 23.4. The quantitative estimate of drug-likeness (QED) is 0.700. The first-order valence-corrected chi connectivity index (χ1v) is 8.98. The molecule has 1 rings (SSSR count). The van der Waals surface area contributed by atoms with Gasteiger partial charge in [-0.25, -0.2) is 0 Å². The molecule has 2 amide bonds. The second kappa shape index (κ2) is 8.55. The molecule has 0 aromatic carbocycles. The number of piperazine rings is 1. The summed E-state index contributed by atoms with van der Waals surface area (Å²) in [6.07, 6.45) is 6.69. The van der Waals surface area contributed by atoms with Crippen molar-refractivity contribution in [1.29, 1.82) is 0 Å². The highest BCUT2D eigenvalue weighted by Gasteiger charge is 2.39. The monoisotopic (exact) mass is 300 g/mol. The number of thioether (sulfide) groups is 1. The van der Waals surface area contributed by atoms with Gasteiger partial charge in [0.05, 0.1) is 0 Å². The molecule has 1 saturated heterocycles. The molecule has 0 saturated carbocycles. The van der Waals surface area contributed by atoms with Gasteiger partial charge in [-0.2, -0.15) is 11.8 Å². The zero-order valence-electron chi connectivity index (χ0n) is 13.1. The topological polar surface area (TPSA) is 49.4 Å². The van der Waals surface area contributed by atoms with Crippen LogP contribution in [0.5, 0.6) is 0 Å². The molecule has 0 radical (unpaired) electrons. The largest absolute Gasteiger partial charge is 0.343 e. The first-order valence-electron chi connectivity index (χ1n) is 7.58. The lowest BCUT2D eigenvalue weighted by molar-refractivity contribution is -0.150. The van der Waals surface area contributed by atoms with Crippen molar-refractivity contribution in [3.63, 3.8) is 0 Å². The Morgan fingerprint density at radius 2 is 1.85 bits per heavy atom. The highest BCUT2D eigenvalue weighted by Crippen LogP contribution is 2.18. The van der Waals surface area contributed by atoms with Crippen molar-refractivity contribution < 1.29 is 9.59 Å². The third-order valence-corrected chi connectivity index (χ3v) is 4.44. The second-order valence-corrected chi connectivity index (χ2v) is 6.84. The van der Waals surface area contributed by atoms with E-state index in [1.165, 1.54) is 18.6 Å². The smallest absolute Gasteiger partial charge is 0.245 e. The van der Waals surface area contributed by atoms with E-state index < -0.39 is 0 Å². The maximum Gasteiger partial charge on any atom is 0.245 e. The molecule has 20 heavy (non-hydrogen) atoms. The van der Waals surface area contributed by atoms with E-state index in [2.05, 4.69) is 11.6 Å². The molecule has 2 atom stereocenters. The van der Waals surface area contributed by atoms with Gasteiger partial charge in [0.25, 0.3) is 0 Å². The Morgan fingerprint density at radius 1 is 1.20 bits per heavy atom. The van der Waals surface area contributed by atoms with E-state index in [-0.39, 0.29) is 29.8 Å². The summed E-state index contributed by atoms with van der Waals surface area (Å²) in [5.41, 5.74) is 0. The number of unbranched alkanes of at least 4 members (excludes halogenated alkanes) is 3. The Bertz CT molecular complexity index is 334. The lowest BCUT2D eigenvalue weighted by atomic mass is 9.97. The van der Waals surface area contributed by atoms with Crippen molar-refractivity contribution >= 4 is 23.6 Å². The van der Waals surface area contributed by atoms with Crippen molar-refractivity contribution in [2.75, 3.05) is 18.6 Å². The van der Waals surface area contributed by atoms with Crippen molar-refractivity contribution in [1.82, 2.24) is 10.2 Å². The Balaban J connectivity index is 2.49. The molecule has 4 nitrogen and oxygen atoms in total. The highest BCUT2D eigenvalue weighted by molar-refractivity contribution is 7.98. The molecule has 0 aliphatic carbocycles. The molecule has 1 N–H and O–H groups in total. The molecule has 0 aromatic heterocycles. The van der Waals surface area contributed by atoms with E-state index in [9.17, 15) is 9.59 Å². The first kappa shape index (κ1) is 17.3. The summed E-state index contributed by atoms with van der Waals surface area (Å²) in [5, 5.41) is 2.78. The number of nitrogens with zero attached hydrogens (tertiary/aromatic N) is 1. The Labute approximate surface area is 127 Å². The molecule has 0 aromatic rings. The first-order chi connectivity index (χ1) is 9.49. The fraction of sp³-hybridized carbons (Fsp3) is 0.867. The van der Waals surface area contributed by atoms with Crippen molar-refractivity contribution in [2.45, 2.75) is 58.5 Å². The number of carbonyl (C=O) groups is 2. The predicted molar refractivity (Wildman–Crippen MR) is 84.8 cm³/mol. The summed E-state index contributed by atoms with van der Waals surface area (Å²) in [4.78, 5) is 26.1. The van der Waals surface area contributed by atoms with Gasteiger partial charge in [-0.1, -0.05) is 26.7 Å². The number of rotatable bonds is 8. The van der Waals surface area contributed by atoms with Gasteiger partial charge in [0.15, 0.2) is 0 Å². The summed E-state index contributed by atoms with van der Waals surface area (Å²) in [7, 11) is 0. The van der Waals surface area contributed by atoms with Crippen LogP contribution in [-0.4, -0.2) is 47.4 Å². The number of amides is 2. The van der Waals surface area contributed by atoms with E-state index in [0.29, 0.717) is 6.54 Å². The Kier molecular flexibility index (Phi) is 7.41. The van der Waals surface area contributed by atoms with Crippen molar-refractivity contribution in [2.24, 2.45) is 5.92 Å². The molecule has 0 spiro atoms. The minimum absolute atomic E-state index is 0.00511. The van der Waals surface area contributed by atoms with Crippen LogP contribution in [0.4, 0.5) is 0 Å². The van der Waals surface area contributed by atoms with Crippen LogP contribution in [0.2, 0.25) is 0 Å². The van der Waals surface area contributed by atoms with Gasteiger partial charge in [-0.15, -0.1) is 0 Å². The number of carbonyl (C=O) groups excluding carboxylic acids is 2. The predicted octanol–water partition coefficient (Wildman–Crippen LogP) is 2.28. The summed E-state index contributed by atoms with van der Waals surface area (Å²) in [5.74, 6) is 1.42. The zero-order valence-corrected chi connectivity index (χ0v) is 14.0. The van der Waals surface area contributed by atoms with Gasteiger partial charge in [0.2, 0.25) is 11.8 Å².